The van der Waals surface area contributed by atoms with Gasteiger partial charge in [-0.1, -0.05) is 85.3 Å². The standard InChI is InChI=1S/C17H18S4/c18-16(20-14-9-5-2-6-10-14)11-17-19-12-15(21-17)13-7-3-1-4-8-13/h1,3-4,7-8,11-12,14H,2,5-6,9-10H2/b17-11+. The van der Waals surface area contributed by atoms with Crippen molar-refractivity contribution in [3.63, 3.8) is 0 Å². The summed E-state index contributed by atoms with van der Waals surface area (Å²) in [5.74, 6) is 0. The van der Waals surface area contributed by atoms with E-state index < -0.39 is 0 Å². The Morgan fingerprint density at radius 3 is 2.67 bits per heavy atom. The van der Waals surface area contributed by atoms with E-state index in [1.165, 1.54) is 46.8 Å². The van der Waals surface area contributed by atoms with Gasteiger partial charge in [0.05, 0.1) is 8.43 Å². The predicted molar refractivity (Wildman–Crippen MR) is 105 cm³/mol. The zero-order chi connectivity index (χ0) is 14.5. The average Bonchev–Trinajstić information content (AvgIpc) is 2.97. The van der Waals surface area contributed by atoms with Crippen molar-refractivity contribution in [2.45, 2.75) is 37.4 Å². The first-order valence-corrected chi connectivity index (χ1v) is 10.3. The molecule has 21 heavy (non-hydrogen) atoms. The molecule has 0 spiro atoms. The van der Waals surface area contributed by atoms with Crippen LogP contribution in [0.2, 0.25) is 0 Å². The van der Waals surface area contributed by atoms with Gasteiger partial charge in [-0.05, 0) is 29.9 Å². The van der Waals surface area contributed by atoms with Crippen LogP contribution in [0.15, 0.2) is 46.1 Å². The van der Waals surface area contributed by atoms with Gasteiger partial charge in [0.15, 0.2) is 0 Å². The molecule has 0 atom stereocenters. The smallest absolute Gasteiger partial charge is 0.0725 e. The minimum absolute atomic E-state index is 0.751. The zero-order valence-corrected chi connectivity index (χ0v) is 15.1. The largest absolute Gasteiger partial charge is 0.111 e. The number of benzene rings is 1. The third-order valence-corrected chi connectivity index (χ3v) is 7.47. The Balaban J connectivity index is 1.55. The predicted octanol–water partition coefficient (Wildman–Crippen LogP) is 6.70. The Bertz CT molecular complexity index is 553. The molecule has 0 nitrogen and oxygen atoms in total. The van der Waals surface area contributed by atoms with Crippen molar-refractivity contribution in [2.24, 2.45) is 0 Å². The summed E-state index contributed by atoms with van der Waals surface area (Å²) in [4.78, 5) is 1.33. The molecule has 0 aromatic heterocycles. The lowest BCUT2D eigenvalue weighted by Gasteiger charge is -2.20. The summed E-state index contributed by atoms with van der Waals surface area (Å²) < 4.78 is 2.36. The molecule has 110 valence electrons. The van der Waals surface area contributed by atoms with Gasteiger partial charge in [0.25, 0.3) is 0 Å². The third kappa shape index (κ3) is 4.65. The Labute approximate surface area is 145 Å². The monoisotopic (exact) mass is 350 g/mol. The molecule has 0 amide bonds. The summed E-state index contributed by atoms with van der Waals surface area (Å²) in [5.41, 5.74) is 1.30. The molecule has 1 fully saturated rings. The van der Waals surface area contributed by atoms with E-state index in [9.17, 15) is 0 Å². The molecule has 2 aliphatic rings. The summed E-state index contributed by atoms with van der Waals surface area (Å²) in [6.45, 7) is 0. The average molecular weight is 351 g/mol. The molecule has 0 unspecified atom stereocenters. The van der Waals surface area contributed by atoms with Crippen molar-refractivity contribution in [2.75, 3.05) is 0 Å². The van der Waals surface area contributed by atoms with Crippen LogP contribution < -0.4 is 0 Å². The highest BCUT2D eigenvalue weighted by Crippen LogP contribution is 2.48. The van der Waals surface area contributed by atoms with E-state index in [-0.39, 0.29) is 0 Å². The highest BCUT2D eigenvalue weighted by Gasteiger charge is 2.17. The second-order valence-electron chi connectivity index (χ2n) is 5.23. The number of rotatable bonds is 3. The van der Waals surface area contributed by atoms with Crippen LogP contribution in [0.25, 0.3) is 4.91 Å². The second-order valence-corrected chi connectivity index (χ2v) is 9.52. The summed E-state index contributed by atoms with van der Waals surface area (Å²) in [7, 11) is 0. The van der Waals surface area contributed by atoms with Crippen LogP contribution in [0.5, 0.6) is 0 Å². The Morgan fingerprint density at radius 1 is 1.14 bits per heavy atom. The third-order valence-electron chi connectivity index (χ3n) is 3.62. The van der Waals surface area contributed by atoms with E-state index in [2.05, 4.69) is 41.8 Å². The zero-order valence-electron chi connectivity index (χ0n) is 11.8. The van der Waals surface area contributed by atoms with Crippen molar-refractivity contribution in [3.05, 3.63) is 51.6 Å². The topological polar surface area (TPSA) is 0 Å². The Hall–Kier alpha value is -0.160. The minimum Gasteiger partial charge on any atom is -0.111 e. The summed E-state index contributed by atoms with van der Waals surface area (Å²) in [5, 5.41) is 2.99. The molecule has 0 saturated heterocycles. The normalized spacial score (nSPS) is 21.5. The first-order valence-electron chi connectivity index (χ1n) is 7.34. The van der Waals surface area contributed by atoms with Gasteiger partial charge in [-0.15, -0.1) is 11.8 Å². The summed E-state index contributed by atoms with van der Waals surface area (Å²) in [6, 6.07) is 10.6. The molecule has 1 saturated carbocycles. The van der Waals surface area contributed by atoms with Crippen LogP contribution in [0.1, 0.15) is 37.7 Å². The number of hydrogen-bond donors (Lipinski definition) is 0. The molecule has 0 N–H and O–H groups in total. The van der Waals surface area contributed by atoms with Gasteiger partial charge in [0.1, 0.15) is 0 Å². The molecular formula is C17H18S4. The molecule has 1 heterocycles. The van der Waals surface area contributed by atoms with E-state index in [4.69, 9.17) is 12.2 Å². The van der Waals surface area contributed by atoms with E-state index in [1.54, 1.807) is 11.8 Å². The van der Waals surface area contributed by atoms with Crippen molar-refractivity contribution in [1.29, 1.82) is 0 Å². The van der Waals surface area contributed by atoms with E-state index in [1.807, 2.05) is 23.5 Å². The molecule has 3 rings (SSSR count). The van der Waals surface area contributed by atoms with Gasteiger partial charge in [-0.2, -0.15) is 0 Å². The lowest BCUT2D eigenvalue weighted by molar-refractivity contribution is 0.517. The quantitative estimate of drug-likeness (QED) is 0.439. The summed E-state index contributed by atoms with van der Waals surface area (Å²) in [6.07, 6.45) is 9.01. The van der Waals surface area contributed by atoms with Crippen LogP contribution in [-0.4, -0.2) is 9.45 Å². The Morgan fingerprint density at radius 2 is 1.90 bits per heavy atom. The SMILES string of the molecule is S=C(/C=C1\SC=C(c2ccccc2)S1)SC1CCCCC1. The van der Waals surface area contributed by atoms with Gasteiger partial charge in [0.2, 0.25) is 0 Å². The van der Waals surface area contributed by atoms with Gasteiger partial charge < -0.3 is 0 Å². The van der Waals surface area contributed by atoms with E-state index in [0.29, 0.717) is 0 Å². The van der Waals surface area contributed by atoms with Gasteiger partial charge in [-0.25, -0.2) is 0 Å². The fourth-order valence-electron chi connectivity index (χ4n) is 2.54. The van der Waals surface area contributed by atoms with Crippen molar-refractivity contribution in [3.8, 4) is 0 Å². The molecule has 1 aromatic carbocycles. The lowest BCUT2D eigenvalue weighted by atomic mass is 10.0. The molecule has 0 radical (unpaired) electrons. The maximum absolute atomic E-state index is 5.56. The van der Waals surface area contributed by atoms with Crippen LogP contribution in [0.4, 0.5) is 0 Å². The van der Waals surface area contributed by atoms with Gasteiger partial charge in [0, 0.05) is 10.2 Å². The molecule has 1 aromatic rings. The fraction of sp³-hybridized carbons (Fsp3) is 0.353. The van der Waals surface area contributed by atoms with Gasteiger partial charge in [-0.3, -0.25) is 0 Å². The highest BCUT2D eigenvalue weighted by atomic mass is 32.2. The number of hydrogen-bond acceptors (Lipinski definition) is 4. The van der Waals surface area contributed by atoms with Crippen molar-refractivity contribution in [1.82, 2.24) is 0 Å². The second kappa shape index (κ2) is 7.91. The molecule has 0 bridgehead atoms. The summed E-state index contributed by atoms with van der Waals surface area (Å²) >= 11 is 11.1. The molecule has 1 aliphatic carbocycles. The Kier molecular flexibility index (Phi) is 5.92. The number of thiocarbonyl (C=S) groups is 1. The first kappa shape index (κ1) is 15.7. The highest BCUT2D eigenvalue weighted by molar-refractivity contribution is 8.31. The maximum atomic E-state index is 5.56. The number of thioether (sulfide) groups is 3. The molecule has 1 aliphatic heterocycles. The van der Waals surface area contributed by atoms with E-state index in [0.717, 1.165) is 9.45 Å². The van der Waals surface area contributed by atoms with E-state index >= 15 is 0 Å². The van der Waals surface area contributed by atoms with Crippen LogP contribution in [0.3, 0.4) is 0 Å². The van der Waals surface area contributed by atoms with Crippen LogP contribution in [-0.2, 0) is 0 Å². The van der Waals surface area contributed by atoms with Crippen LogP contribution >= 0.6 is 47.5 Å². The van der Waals surface area contributed by atoms with Crippen LogP contribution in [0, 0.1) is 0 Å². The van der Waals surface area contributed by atoms with Gasteiger partial charge >= 0.3 is 0 Å². The first-order chi connectivity index (χ1) is 10.3. The minimum atomic E-state index is 0.751. The van der Waals surface area contributed by atoms with Crippen molar-refractivity contribution < 1.29 is 0 Å². The lowest BCUT2D eigenvalue weighted by Crippen LogP contribution is -2.09. The fourth-order valence-corrected chi connectivity index (χ4v) is 6.58. The molecule has 4 heteroatoms. The van der Waals surface area contributed by atoms with Crippen molar-refractivity contribution >= 4 is 56.6 Å². The molecular weight excluding hydrogens is 332 g/mol. The maximum Gasteiger partial charge on any atom is 0.0725 e.